The molecule has 4 aromatic rings. The van der Waals surface area contributed by atoms with Gasteiger partial charge in [0.15, 0.2) is 0 Å². The summed E-state index contributed by atoms with van der Waals surface area (Å²) in [6.07, 6.45) is 0.716. The van der Waals surface area contributed by atoms with Gasteiger partial charge in [-0.05, 0) is 39.9 Å². The van der Waals surface area contributed by atoms with Crippen molar-refractivity contribution in [1.82, 2.24) is 10.6 Å². The second-order valence-electron chi connectivity index (χ2n) is 10.1. The number of hydrogen-bond acceptors (Lipinski definition) is 4. The minimum atomic E-state index is -1.23. The van der Waals surface area contributed by atoms with Crippen molar-refractivity contribution in [3.8, 4) is 0 Å². The zero-order valence-corrected chi connectivity index (χ0v) is 23.3. The molecule has 1 aliphatic rings. The molecule has 4 aromatic carbocycles. The first-order chi connectivity index (χ1) is 19.5. The summed E-state index contributed by atoms with van der Waals surface area (Å²) in [7, 11) is 0. The van der Waals surface area contributed by atoms with Crippen molar-refractivity contribution in [3.63, 3.8) is 0 Å². The van der Waals surface area contributed by atoms with Crippen LogP contribution in [0.4, 0.5) is 10.5 Å². The summed E-state index contributed by atoms with van der Waals surface area (Å²) >= 11 is 0. The molecule has 0 fully saturated rings. The highest BCUT2D eigenvalue weighted by Crippen LogP contribution is 2.32. The average Bonchev–Trinajstić information content (AvgIpc) is 3.38. The number of rotatable bonds is 10. The average molecular weight is 569 g/mol. The second kappa shape index (κ2) is 13.3. The van der Waals surface area contributed by atoms with Crippen molar-refractivity contribution in [2.45, 2.75) is 30.8 Å². The number of amides is 2. The maximum atomic E-state index is 13.9. The third kappa shape index (κ3) is 6.65. The van der Waals surface area contributed by atoms with Crippen molar-refractivity contribution in [2.75, 3.05) is 11.4 Å². The van der Waals surface area contributed by atoms with E-state index in [1.54, 1.807) is 24.3 Å². The van der Waals surface area contributed by atoms with Crippen LogP contribution in [0.2, 0.25) is 0 Å². The van der Waals surface area contributed by atoms with Crippen molar-refractivity contribution < 1.29 is 14.7 Å². The highest BCUT2D eigenvalue weighted by Gasteiger charge is 2.43. The molecule has 5 rings (SSSR count). The standard InChI is InChI=1S/C33H32N4O3.ClH/c34-23-37(32(39)40)29-17-15-24(16-18-29)21-35-31(38)33(19-27-13-7-8-14-28(27)20-33)36-22-30(25-9-3-1-4-10-25)26-11-5-2-6-12-26;/h1-18,23,30,34,36H,19-22H2,(H,35,38)(H,39,40);1H. The van der Waals surface area contributed by atoms with E-state index in [0.29, 0.717) is 31.6 Å². The predicted molar refractivity (Wildman–Crippen MR) is 164 cm³/mol. The summed E-state index contributed by atoms with van der Waals surface area (Å²) in [6, 6.07) is 35.7. The number of carbonyl (C=O) groups excluding carboxylic acids is 1. The van der Waals surface area contributed by atoms with Gasteiger partial charge in [-0.1, -0.05) is 97.1 Å². The molecule has 0 unspecified atom stereocenters. The minimum absolute atomic E-state index is 0. The van der Waals surface area contributed by atoms with Gasteiger partial charge in [0.05, 0.1) is 12.0 Å². The topological polar surface area (TPSA) is 106 Å². The van der Waals surface area contributed by atoms with Crippen LogP contribution in [0.3, 0.4) is 0 Å². The number of fused-ring (bicyclic) bond motifs is 1. The fraction of sp³-hybridized carbons (Fsp3) is 0.182. The van der Waals surface area contributed by atoms with E-state index in [1.165, 1.54) is 22.3 Å². The lowest BCUT2D eigenvalue weighted by atomic mass is 9.88. The Hall–Kier alpha value is -4.46. The fourth-order valence-corrected chi connectivity index (χ4v) is 5.44. The number of anilines is 1. The molecular formula is C33H33ClN4O3. The summed E-state index contributed by atoms with van der Waals surface area (Å²) in [5.74, 6) is 0.00802. The van der Waals surface area contributed by atoms with Crippen molar-refractivity contribution in [1.29, 1.82) is 5.41 Å². The largest absolute Gasteiger partial charge is 0.464 e. The lowest BCUT2D eigenvalue weighted by molar-refractivity contribution is -0.127. The molecule has 4 N–H and O–H groups in total. The number of hydrogen-bond donors (Lipinski definition) is 4. The molecule has 8 heteroatoms. The van der Waals surface area contributed by atoms with E-state index in [0.717, 1.165) is 16.8 Å². The molecule has 7 nitrogen and oxygen atoms in total. The maximum absolute atomic E-state index is 13.9. The minimum Gasteiger partial charge on any atom is -0.464 e. The van der Waals surface area contributed by atoms with Crippen LogP contribution in [0.5, 0.6) is 0 Å². The number of benzene rings is 4. The van der Waals surface area contributed by atoms with E-state index in [-0.39, 0.29) is 24.2 Å². The van der Waals surface area contributed by atoms with Crippen molar-refractivity contribution in [2.24, 2.45) is 0 Å². The van der Waals surface area contributed by atoms with Gasteiger partial charge in [-0.15, -0.1) is 12.4 Å². The maximum Gasteiger partial charge on any atom is 0.417 e. The lowest BCUT2D eigenvalue weighted by Crippen LogP contribution is -2.58. The first kappa shape index (κ1) is 29.5. The molecule has 210 valence electrons. The summed E-state index contributed by atoms with van der Waals surface area (Å²) in [6.45, 7) is 0.899. The third-order valence-corrected chi connectivity index (χ3v) is 7.59. The van der Waals surface area contributed by atoms with Gasteiger partial charge in [0.1, 0.15) is 5.54 Å². The number of nitrogens with zero attached hydrogens (tertiary/aromatic N) is 1. The summed E-state index contributed by atoms with van der Waals surface area (Å²) in [5.41, 5.74) is 5.13. The Balaban J connectivity index is 0.00000387. The molecule has 0 spiro atoms. The SMILES string of the molecule is Cl.N=CN(C(=O)O)c1ccc(CNC(=O)C2(NCC(c3ccccc3)c3ccccc3)Cc3ccccc3C2)cc1. The van der Waals surface area contributed by atoms with E-state index < -0.39 is 11.6 Å². The van der Waals surface area contributed by atoms with Crippen LogP contribution >= 0.6 is 12.4 Å². The Morgan fingerprint density at radius 3 is 1.83 bits per heavy atom. The number of nitrogens with one attached hydrogen (secondary N) is 3. The van der Waals surface area contributed by atoms with Gasteiger partial charge in [0, 0.05) is 31.8 Å². The number of carbonyl (C=O) groups is 2. The van der Waals surface area contributed by atoms with Crippen LogP contribution in [-0.4, -0.2) is 35.5 Å². The molecule has 0 saturated heterocycles. The molecule has 0 atom stereocenters. The molecule has 0 radical (unpaired) electrons. The molecule has 2 amide bonds. The predicted octanol–water partition coefficient (Wildman–Crippen LogP) is 5.78. The van der Waals surface area contributed by atoms with Gasteiger partial charge in [-0.25, -0.2) is 9.69 Å². The van der Waals surface area contributed by atoms with Gasteiger partial charge in [-0.2, -0.15) is 0 Å². The Morgan fingerprint density at radius 1 is 0.829 bits per heavy atom. The van der Waals surface area contributed by atoms with Gasteiger partial charge < -0.3 is 15.7 Å². The first-order valence-corrected chi connectivity index (χ1v) is 13.3. The van der Waals surface area contributed by atoms with Crippen LogP contribution in [0.25, 0.3) is 0 Å². The van der Waals surface area contributed by atoms with E-state index in [2.05, 4.69) is 47.0 Å². The molecular weight excluding hydrogens is 536 g/mol. The summed E-state index contributed by atoms with van der Waals surface area (Å²) < 4.78 is 0. The lowest BCUT2D eigenvalue weighted by Gasteiger charge is -2.32. The quantitative estimate of drug-likeness (QED) is 0.144. The molecule has 0 aromatic heterocycles. The van der Waals surface area contributed by atoms with Gasteiger partial charge in [-0.3, -0.25) is 10.2 Å². The molecule has 0 aliphatic heterocycles. The van der Waals surface area contributed by atoms with Crippen molar-refractivity contribution >= 4 is 36.4 Å². The Bertz CT molecular complexity index is 1420. The Kier molecular flexibility index (Phi) is 9.55. The molecule has 0 bridgehead atoms. The molecule has 1 aliphatic carbocycles. The Labute approximate surface area is 246 Å². The summed E-state index contributed by atoms with van der Waals surface area (Å²) in [4.78, 5) is 26.1. The van der Waals surface area contributed by atoms with Gasteiger partial charge in [0.2, 0.25) is 5.91 Å². The van der Waals surface area contributed by atoms with Gasteiger partial charge >= 0.3 is 6.09 Å². The number of carboxylic acid groups (broad SMARTS) is 1. The third-order valence-electron chi connectivity index (χ3n) is 7.59. The normalized spacial score (nSPS) is 13.1. The van der Waals surface area contributed by atoms with E-state index in [9.17, 15) is 14.7 Å². The molecule has 41 heavy (non-hydrogen) atoms. The van der Waals surface area contributed by atoms with E-state index in [4.69, 9.17) is 5.41 Å². The highest BCUT2D eigenvalue weighted by molar-refractivity contribution is 6.03. The van der Waals surface area contributed by atoms with Crippen LogP contribution in [0.1, 0.15) is 33.7 Å². The second-order valence-corrected chi connectivity index (χ2v) is 10.1. The first-order valence-electron chi connectivity index (χ1n) is 13.3. The molecule has 0 heterocycles. The monoisotopic (exact) mass is 568 g/mol. The van der Waals surface area contributed by atoms with Gasteiger partial charge in [0.25, 0.3) is 0 Å². The number of halogens is 1. The zero-order chi connectivity index (χ0) is 28.0. The molecule has 0 saturated carbocycles. The van der Waals surface area contributed by atoms with Crippen LogP contribution < -0.4 is 15.5 Å². The Morgan fingerprint density at radius 2 is 1.34 bits per heavy atom. The van der Waals surface area contributed by atoms with Crippen LogP contribution in [-0.2, 0) is 24.2 Å². The summed E-state index contributed by atoms with van der Waals surface area (Å²) in [5, 5.41) is 23.4. The van der Waals surface area contributed by atoms with Crippen molar-refractivity contribution in [3.05, 3.63) is 137 Å². The van der Waals surface area contributed by atoms with E-state index >= 15 is 0 Å². The van der Waals surface area contributed by atoms with E-state index in [1.807, 2.05) is 48.5 Å². The zero-order valence-electron chi connectivity index (χ0n) is 22.5. The van der Waals surface area contributed by atoms with Crippen LogP contribution in [0.15, 0.2) is 109 Å². The van der Waals surface area contributed by atoms with Crippen LogP contribution in [0, 0.1) is 5.41 Å². The smallest absolute Gasteiger partial charge is 0.417 e. The fourth-order valence-electron chi connectivity index (χ4n) is 5.44. The highest BCUT2D eigenvalue weighted by atomic mass is 35.5.